The van der Waals surface area contributed by atoms with Crippen molar-refractivity contribution in [1.29, 1.82) is 0 Å². The molecule has 1 aromatic heterocycles. The summed E-state index contributed by atoms with van der Waals surface area (Å²) in [6, 6.07) is 23.2. The van der Waals surface area contributed by atoms with Crippen molar-refractivity contribution in [2.24, 2.45) is 0 Å². The van der Waals surface area contributed by atoms with Crippen LogP contribution in [0.25, 0.3) is 22.9 Å². The van der Waals surface area contributed by atoms with Crippen LogP contribution in [0.15, 0.2) is 83.3 Å². The lowest BCUT2D eigenvalue weighted by Gasteiger charge is -2.11. The summed E-state index contributed by atoms with van der Waals surface area (Å²) in [6.45, 7) is 11.5. The van der Waals surface area contributed by atoms with E-state index in [9.17, 15) is 9.59 Å². The van der Waals surface area contributed by atoms with Gasteiger partial charge in [0, 0.05) is 11.1 Å². The van der Waals surface area contributed by atoms with Gasteiger partial charge in [0.25, 0.3) is 0 Å². The van der Waals surface area contributed by atoms with Crippen molar-refractivity contribution in [3.63, 3.8) is 0 Å². The molecule has 0 atom stereocenters. The second kappa shape index (κ2) is 27.7. The van der Waals surface area contributed by atoms with Gasteiger partial charge < -0.3 is 23.4 Å². The van der Waals surface area contributed by atoms with Crippen molar-refractivity contribution < 1.29 is 33.0 Å². The Balaban J connectivity index is 1.03. The predicted molar refractivity (Wildman–Crippen MR) is 257 cm³/mol. The molecular weight excluding hydrogens is 801 g/mol. The van der Waals surface area contributed by atoms with Crippen molar-refractivity contribution in [3.05, 3.63) is 107 Å². The molecule has 9 nitrogen and oxygen atoms in total. The quantitative estimate of drug-likeness (QED) is 0.0253. The van der Waals surface area contributed by atoms with Gasteiger partial charge in [-0.15, -0.1) is 10.2 Å². The summed E-state index contributed by atoms with van der Waals surface area (Å²) in [4.78, 5) is 26.3. The minimum absolute atomic E-state index is 0.318. The first-order chi connectivity index (χ1) is 31.2. The number of esters is 2. The van der Waals surface area contributed by atoms with Crippen molar-refractivity contribution in [1.82, 2.24) is 10.2 Å². The number of hydrogen-bond acceptors (Lipinski definition) is 9. The average Bonchev–Trinajstić information content (AvgIpc) is 3.78. The maximum Gasteiger partial charge on any atom is 0.343 e. The second-order valence-electron chi connectivity index (χ2n) is 17.2. The Labute approximate surface area is 382 Å². The zero-order chi connectivity index (χ0) is 45.4. The Morgan fingerprint density at radius 3 is 1.28 bits per heavy atom. The van der Waals surface area contributed by atoms with Crippen LogP contribution >= 0.6 is 0 Å². The molecule has 0 radical (unpaired) electrons. The molecule has 0 amide bonds. The standard InChI is InChI=1S/C55H72N2O7/c1-6-8-10-12-14-16-18-20-22-24-36-60-46-30-34-50(42(4)38-46)54(58)62-45-28-26-44(27-29-45)52-56-57-53(64-52)49-33-32-48(40-41(49)3)63-55(59)51-35-31-47(39-43(51)5)61-37-25-23-21-19-17-15-13-11-9-7-2/h26-35,38-40H,6-25,36-37H2,1-5H3. The minimum atomic E-state index is -0.441. The lowest BCUT2D eigenvalue weighted by Crippen LogP contribution is -2.10. The number of nitrogens with zero attached hydrogens (tertiary/aromatic N) is 2. The molecule has 4 aromatic carbocycles. The molecule has 0 aliphatic rings. The minimum Gasteiger partial charge on any atom is -0.494 e. The first-order valence-corrected chi connectivity index (χ1v) is 24.2. The molecule has 5 aromatic rings. The fourth-order valence-corrected chi connectivity index (χ4v) is 7.85. The predicted octanol–water partition coefficient (Wildman–Crippen LogP) is 15.4. The van der Waals surface area contributed by atoms with Crippen LogP contribution in [0.2, 0.25) is 0 Å². The third-order valence-electron chi connectivity index (χ3n) is 11.7. The molecule has 0 spiro atoms. The maximum absolute atomic E-state index is 13.2. The number of unbranched alkanes of at least 4 members (excludes halogenated alkanes) is 18. The van der Waals surface area contributed by atoms with E-state index < -0.39 is 11.9 Å². The van der Waals surface area contributed by atoms with Gasteiger partial charge in [0.1, 0.15) is 23.0 Å². The maximum atomic E-state index is 13.2. The molecule has 0 fully saturated rings. The van der Waals surface area contributed by atoms with E-state index in [0.717, 1.165) is 46.6 Å². The van der Waals surface area contributed by atoms with Crippen LogP contribution in [0.3, 0.4) is 0 Å². The lowest BCUT2D eigenvalue weighted by molar-refractivity contribution is 0.0724. The molecule has 1 heterocycles. The summed E-state index contributed by atoms with van der Waals surface area (Å²) < 4.78 is 29.5. The molecule has 0 aliphatic carbocycles. The van der Waals surface area contributed by atoms with Crippen molar-refractivity contribution in [2.75, 3.05) is 13.2 Å². The molecule has 0 saturated carbocycles. The zero-order valence-corrected chi connectivity index (χ0v) is 39.3. The van der Waals surface area contributed by atoms with Crippen molar-refractivity contribution >= 4 is 11.9 Å². The number of rotatable bonds is 30. The van der Waals surface area contributed by atoms with E-state index in [-0.39, 0.29) is 0 Å². The summed E-state index contributed by atoms with van der Waals surface area (Å²) in [6.07, 6.45) is 25.6. The highest BCUT2D eigenvalue weighted by molar-refractivity contribution is 5.93. The largest absolute Gasteiger partial charge is 0.494 e. The molecule has 0 saturated heterocycles. The van der Waals surface area contributed by atoms with Gasteiger partial charge in [0.05, 0.1) is 24.3 Å². The van der Waals surface area contributed by atoms with Gasteiger partial charge in [-0.3, -0.25) is 0 Å². The average molecular weight is 873 g/mol. The number of carbonyl (C=O) groups excluding carboxylic acids is 2. The smallest absolute Gasteiger partial charge is 0.343 e. The van der Waals surface area contributed by atoms with Gasteiger partial charge in [0.15, 0.2) is 0 Å². The van der Waals surface area contributed by atoms with Gasteiger partial charge in [-0.05, 0) is 129 Å². The fourth-order valence-electron chi connectivity index (χ4n) is 7.85. The van der Waals surface area contributed by atoms with E-state index in [4.69, 9.17) is 23.4 Å². The monoisotopic (exact) mass is 873 g/mol. The summed E-state index contributed by atoms with van der Waals surface area (Å²) in [7, 11) is 0. The molecule has 0 bridgehead atoms. The third-order valence-corrected chi connectivity index (χ3v) is 11.7. The van der Waals surface area contributed by atoms with E-state index in [1.54, 1.807) is 54.6 Å². The topological polar surface area (TPSA) is 110 Å². The van der Waals surface area contributed by atoms with Gasteiger partial charge >= 0.3 is 11.9 Å². The number of hydrogen-bond donors (Lipinski definition) is 0. The van der Waals surface area contributed by atoms with E-state index in [1.807, 2.05) is 45.0 Å². The molecule has 344 valence electrons. The number of benzene rings is 4. The second-order valence-corrected chi connectivity index (χ2v) is 17.2. The molecule has 64 heavy (non-hydrogen) atoms. The Bertz CT molecular complexity index is 2160. The fraction of sp³-hybridized carbons (Fsp3) is 0.491. The molecular formula is C55H72N2O7. The van der Waals surface area contributed by atoms with Gasteiger partial charge in [0.2, 0.25) is 11.8 Å². The molecule has 0 unspecified atom stereocenters. The lowest BCUT2D eigenvalue weighted by atomic mass is 10.1. The van der Waals surface area contributed by atoms with Gasteiger partial charge in [-0.2, -0.15) is 0 Å². The highest BCUT2D eigenvalue weighted by Gasteiger charge is 2.18. The first kappa shape index (κ1) is 49.6. The van der Waals surface area contributed by atoms with Crippen molar-refractivity contribution in [2.45, 2.75) is 163 Å². The number of aryl methyl sites for hydroxylation is 3. The number of carbonyl (C=O) groups is 2. The normalized spacial score (nSPS) is 11.1. The van der Waals surface area contributed by atoms with Gasteiger partial charge in [-0.25, -0.2) is 9.59 Å². The highest BCUT2D eigenvalue weighted by atomic mass is 16.5. The zero-order valence-electron chi connectivity index (χ0n) is 39.3. The van der Waals surface area contributed by atoms with Crippen LogP contribution in [0.5, 0.6) is 23.0 Å². The summed E-state index contributed by atoms with van der Waals surface area (Å²) in [5.74, 6) is 2.10. The summed E-state index contributed by atoms with van der Waals surface area (Å²) >= 11 is 0. The molecule has 9 heteroatoms. The summed E-state index contributed by atoms with van der Waals surface area (Å²) in [5.41, 5.74) is 4.75. The van der Waals surface area contributed by atoms with Crippen LogP contribution in [0.4, 0.5) is 0 Å². The SMILES string of the molecule is CCCCCCCCCCCCOc1ccc(C(=O)Oc2ccc(-c3nnc(-c4ccc(OC(=O)c5ccc(OCCCCCCCCCCCC)cc5C)cc4C)o3)cc2)c(C)c1. The molecule has 0 aliphatic heterocycles. The highest BCUT2D eigenvalue weighted by Crippen LogP contribution is 2.31. The Morgan fingerprint density at radius 1 is 0.438 bits per heavy atom. The number of ether oxygens (including phenoxy) is 4. The van der Waals surface area contributed by atoms with Crippen LogP contribution in [-0.4, -0.2) is 35.3 Å². The van der Waals surface area contributed by atoms with E-state index in [1.165, 1.54) is 116 Å². The van der Waals surface area contributed by atoms with E-state index in [0.29, 0.717) is 53.2 Å². The Hall–Kier alpha value is -5.44. The summed E-state index contributed by atoms with van der Waals surface area (Å²) in [5, 5.41) is 8.54. The van der Waals surface area contributed by atoms with Crippen LogP contribution in [-0.2, 0) is 0 Å². The van der Waals surface area contributed by atoms with Gasteiger partial charge in [-0.1, -0.05) is 129 Å². The Kier molecular flexibility index (Phi) is 21.4. The van der Waals surface area contributed by atoms with Crippen LogP contribution in [0.1, 0.15) is 180 Å². The molecule has 5 rings (SSSR count). The van der Waals surface area contributed by atoms with E-state index in [2.05, 4.69) is 24.0 Å². The molecule has 0 N–H and O–H groups in total. The van der Waals surface area contributed by atoms with Crippen molar-refractivity contribution in [3.8, 4) is 45.9 Å². The first-order valence-electron chi connectivity index (χ1n) is 24.2. The van der Waals surface area contributed by atoms with E-state index >= 15 is 0 Å². The van der Waals surface area contributed by atoms with Crippen LogP contribution in [0, 0.1) is 20.8 Å². The van der Waals surface area contributed by atoms with Crippen LogP contribution < -0.4 is 18.9 Å². The Morgan fingerprint density at radius 2 is 0.828 bits per heavy atom. The third kappa shape index (κ3) is 16.6. The number of aromatic nitrogens is 2.